The van der Waals surface area contributed by atoms with Crippen molar-refractivity contribution >= 4 is 39.2 Å². The zero-order valence-corrected chi connectivity index (χ0v) is 19.4. The second kappa shape index (κ2) is 10.0. The number of carbonyl (C=O) groups excluding carboxylic acids is 1. The highest BCUT2D eigenvalue weighted by Gasteiger charge is 2.17. The van der Waals surface area contributed by atoms with Crippen molar-refractivity contribution < 1.29 is 14.3 Å². The lowest BCUT2D eigenvalue weighted by atomic mass is 10.1. The normalized spacial score (nSPS) is 11.0. The van der Waals surface area contributed by atoms with Crippen molar-refractivity contribution in [1.29, 1.82) is 5.26 Å². The third kappa shape index (κ3) is 4.98. The van der Waals surface area contributed by atoms with Gasteiger partial charge in [0.1, 0.15) is 34.4 Å². The lowest BCUT2D eigenvalue weighted by Gasteiger charge is -2.11. The van der Waals surface area contributed by atoms with Crippen molar-refractivity contribution in [3.63, 3.8) is 0 Å². The maximum Gasteiger partial charge on any atom is 0.269 e. The van der Waals surface area contributed by atoms with Gasteiger partial charge in [-0.15, -0.1) is 0 Å². The number of nitriles is 1. The Hall–Kier alpha value is -4.42. The molecule has 0 fully saturated rings. The highest BCUT2D eigenvalue weighted by Crippen LogP contribution is 2.26. The molecule has 0 aliphatic heterocycles. The van der Waals surface area contributed by atoms with E-state index in [9.17, 15) is 14.9 Å². The summed E-state index contributed by atoms with van der Waals surface area (Å²) < 4.78 is 13.1. The summed E-state index contributed by atoms with van der Waals surface area (Å²) in [4.78, 5) is 30.5. The molecule has 0 aliphatic carbocycles. The molecule has 0 unspecified atom stereocenters. The number of pyridine rings is 1. The summed E-state index contributed by atoms with van der Waals surface area (Å²) in [5.74, 6) is 0.327. The average Bonchev–Trinajstić information content (AvgIpc) is 2.84. The number of methoxy groups -OCH3 is 1. The van der Waals surface area contributed by atoms with E-state index in [-0.39, 0.29) is 17.0 Å². The maximum absolute atomic E-state index is 13.2. The number of hydrogen-bond acceptors (Lipinski definition) is 6. The van der Waals surface area contributed by atoms with Gasteiger partial charge in [0.05, 0.1) is 7.11 Å². The maximum atomic E-state index is 13.2. The SMILES string of the molecule is COc1ccc(Oc2nc3ccccn3c(=O)c2/C=C(/C#N)C(=O)Nc2cccc(Br)c2)cc1. The Kier molecular flexibility index (Phi) is 6.71. The molecule has 4 aromatic rings. The van der Waals surface area contributed by atoms with Crippen LogP contribution in [0.4, 0.5) is 5.69 Å². The van der Waals surface area contributed by atoms with Crippen LogP contribution in [0.5, 0.6) is 17.4 Å². The number of nitrogens with one attached hydrogen (secondary N) is 1. The van der Waals surface area contributed by atoms with E-state index < -0.39 is 11.5 Å². The van der Waals surface area contributed by atoms with E-state index in [2.05, 4.69) is 26.2 Å². The standard InChI is InChI=1S/C25H17BrN4O4/c1-33-19-8-10-20(11-9-19)34-24-21(25(32)30-12-3-2-7-22(30)29-24)13-16(15-27)23(31)28-18-6-4-5-17(26)14-18/h2-14H,1H3,(H,28,31)/b16-13-. The highest BCUT2D eigenvalue weighted by molar-refractivity contribution is 9.10. The second-order valence-corrected chi connectivity index (χ2v) is 7.89. The fraction of sp³-hybridized carbons (Fsp3) is 0.0400. The molecule has 0 saturated heterocycles. The number of hydrogen-bond donors (Lipinski definition) is 1. The van der Waals surface area contributed by atoms with E-state index in [0.717, 1.165) is 4.47 Å². The summed E-state index contributed by atoms with van der Waals surface area (Å²) in [5, 5.41) is 12.3. The van der Waals surface area contributed by atoms with Crippen molar-refractivity contribution in [1.82, 2.24) is 9.38 Å². The topological polar surface area (TPSA) is 106 Å². The van der Waals surface area contributed by atoms with Crippen LogP contribution in [0.1, 0.15) is 5.56 Å². The Bertz CT molecular complexity index is 1500. The van der Waals surface area contributed by atoms with E-state index in [1.165, 1.54) is 10.5 Å². The van der Waals surface area contributed by atoms with E-state index in [4.69, 9.17) is 9.47 Å². The molecule has 1 amide bonds. The molecule has 34 heavy (non-hydrogen) atoms. The summed E-state index contributed by atoms with van der Waals surface area (Å²) in [7, 11) is 1.55. The van der Waals surface area contributed by atoms with Crippen LogP contribution in [-0.2, 0) is 4.79 Å². The van der Waals surface area contributed by atoms with Crippen molar-refractivity contribution in [3.05, 3.63) is 98.9 Å². The first-order valence-corrected chi connectivity index (χ1v) is 10.8. The van der Waals surface area contributed by atoms with Gasteiger partial charge in [0, 0.05) is 16.4 Å². The summed E-state index contributed by atoms with van der Waals surface area (Å²) in [6.07, 6.45) is 2.73. The molecule has 0 bridgehead atoms. The van der Waals surface area contributed by atoms with Gasteiger partial charge >= 0.3 is 0 Å². The van der Waals surface area contributed by atoms with Gasteiger partial charge in [-0.25, -0.2) is 0 Å². The van der Waals surface area contributed by atoms with E-state index in [0.29, 0.717) is 22.8 Å². The Morgan fingerprint density at radius 1 is 1.12 bits per heavy atom. The van der Waals surface area contributed by atoms with Gasteiger partial charge in [0.25, 0.3) is 11.5 Å². The molecular weight excluding hydrogens is 500 g/mol. The number of nitrogens with zero attached hydrogens (tertiary/aromatic N) is 3. The third-order valence-electron chi connectivity index (χ3n) is 4.74. The number of rotatable bonds is 6. The number of anilines is 1. The molecule has 8 nitrogen and oxygen atoms in total. The lowest BCUT2D eigenvalue weighted by molar-refractivity contribution is -0.112. The summed E-state index contributed by atoms with van der Waals surface area (Å²) in [6.45, 7) is 0. The molecule has 1 N–H and O–H groups in total. The van der Waals surface area contributed by atoms with Gasteiger partial charge in [0.2, 0.25) is 5.88 Å². The van der Waals surface area contributed by atoms with E-state index >= 15 is 0 Å². The predicted molar refractivity (Wildman–Crippen MR) is 131 cm³/mol. The molecule has 0 spiro atoms. The zero-order valence-electron chi connectivity index (χ0n) is 17.9. The van der Waals surface area contributed by atoms with Gasteiger partial charge in [-0.1, -0.05) is 28.1 Å². The number of benzene rings is 2. The van der Waals surface area contributed by atoms with Gasteiger partial charge in [0.15, 0.2) is 0 Å². The van der Waals surface area contributed by atoms with Crippen LogP contribution < -0.4 is 20.3 Å². The number of aromatic nitrogens is 2. The molecule has 0 aliphatic rings. The van der Waals surface area contributed by atoms with Crippen LogP contribution in [0, 0.1) is 11.3 Å². The molecule has 9 heteroatoms. The first kappa shape index (κ1) is 22.8. The Labute approximate surface area is 202 Å². The molecule has 0 saturated carbocycles. The molecule has 0 atom stereocenters. The van der Waals surface area contributed by atoms with Crippen molar-refractivity contribution in [3.8, 4) is 23.4 Å². The number of carbonyl (C=O) groups is 1. The van der Waals surface area contributed by atoms with Crippen LogP contribution in [0.25, 0.3) is 11.7 Å². The second-order valence-electron chi connectivity index (χ2n) is 6.98. The van der Waals surface area contributed by atoms with Crippen LogP contribution >= 0.6 is 15.9 Å². The highest BCUT2D eigenvalue weighted by atomic mass is 79.9. The summed E-state index contributed by atoms with van der Waals surface area (Å²) in [6, 6.07) is 20.6. The number of ether oxygens (including phenoxy) is 2. The van der Waals surface area contributed by atoms with Crippen molar-refractivity contribution in [2.75, 3.05) is 12.4 Å². The molecular formula is C25H17BrN4O4. The van der Waals surface area contributed by atoms with Gasteiger partial charge in [-0.2, -0.15) is 10.2 Å². The molecule has 168 valence electrons. The zero-order chi connectivity index (χ0) is 24.1. The van der Waals surface area contributed by atoms with Crippen LogP contribution in [0.3, 0.4) is 0 Å². The summed E-state index contributed by atoms with van der Waals surface area (Å²) >= 11 is 3.33. The fourth-order valence-corrected chi connectivity index (χ4v) is 3.50. The molecule has 2 aromatic heterocycles. The van der Waals surface area contributed by atoms with E-state index in [1.54, 1.807) is 80.0 Å². The monoisotopic (exact) mass is 516 g/mol. The average molecular weight is 517 g/mol. The fourth-order valence-electron chi connectivity index (χ4n) is 3.10. The van der Waals surface area contributed by atoms with Crippen LogP contribution in [0.2, 0.25) is 0 Å². The minimum absolute atomic E-state index is 0.0376. The minimum Gasteiger partial charge on any atom is -0.497 e. The lowest BCUT2D eigenvalue weighted by Crippen LogP contribution is -2.20. The first-order valence-electron chi connectivity index (χ1n) is 10.0. The van der Waals surface area contributed by atoms with Crippen molar-refractivity contribution in [2.24, 2.45) is 0 Å². The number of fused-ring (bicyclic) bond motifs is 1. The van der Waals surface area contributed by atoms with Gasteiger partial charge < -0.3 is 14.8 Å². The van der Waals surface area contributed by atoms with E-state index in [1.807, 2.05) is 6.07 Å². The van der Waals surface area contributed by atoms with Crippen molar-refractivity contribution in [2.45, 2.75) is 0 Å². The number of halogens is 1. The Morgan fingerprint density at radius 3 is 2.59 bits per heavy atom. The smallest absolute Gasteiger partial charge is 0.269 e. The minimum atomic E-state index is -0.673. The Morgan fingerprint density at radius 2 is 1.88 bits per heavy atom. The summed E-state index contributed by atoms with van der Waals surface area (Å²) in [5.41, 5.74) is 0.0285. The van der Waals surface area contributed by atoms with Crippen LogP contribution in [-0.4, -0.2) is 22.4 Å². The molecule has 0 radical (unpaired) electrons. The quantitative estimate of drug-likeness (QED) is 0.291. The molecule has 4 rings (SSSR count). The number of amides is 1. The molecule has 2 heterocycles. The van der Waals surface area contributed by atoms with Crippen LogP contribution in [0.15, 0.2) is 87.8 Å². The predicted octanol–water partition coefficient (Wildman–Crippen LogP) is 4.80. The molecule has 2 aromatic carbocycles. The first-order chi connectivity index (χ1) is 16.5. The largest absolute Gasteiger partial charge is 0.497 e. The third-order valence-corrected chi connectivity index (χ3v) is 5.24. The Balaban J connectivity index is 1.78. The van der Waals surface area contributed by atoms with Gasteiger partial charge in [-0.3, -0.25) is 14.0 Å². The van der Waals surface area contributed by atoms with Gasteiger partial charge in [-0.05, 0) is 60.7 Å².